The first-order valence-electron chi connectivity index (χ1n) is 37.2. The first kappa shape index (κ1) is 89.1. The van der Waals surface area contributed by atoms with Gasteiger partial charge in [-0.1, -0.05) is 306 Å². The van der Waals surface area contributed by atoms with Crippen molar-refractivity contribution in [3.8, 4) is 0 Å². The fourth-order valence-electron chi connectivity index (χ4n) is 10.8. The summed E-state index contributed by atoms with van der Waals surface area (Å²) in [5.74, 6) is 0.835. The van der Waals surface area contributed by atoms with Gasteiger partial charge in [0.05, 0.1) is 26.4 Å². The van der Waals surface area contributed by atoms with E-state index in [9.17, 15) is 43.2 Å². The van der Waals surface area contributed by atoms with Crippen LogP contribution < -0.4 is 0 Å². The van der Waals surface area contributed by atoms with Gasteiger partial charge in [0.2, 0.25) is 0 Å². The molecule has 3 unspecified atom stereocenters. The molecule has 0 aromatic rings. The largest absolute Gasteiger partial charge is 0.472 e. The maximum atomic E-state index is 13.0. The third-order valence-electron chi connectivity index (χ3n) is 16.9. The number of aliphatic hydroxyl groups excluding tert-OH is 1. The van der Waals surface area contributed by atoms with Gasteiger partial charge >= 0.3 is 39.5 Å². The normalized spacial score (nSPS) is 14.5. The molecule has 0 rings (SSSR count). The maximum absolute atomic E-state index is 13.0. The van der Waals surface area contributed by atoms with Crippen LogP contribution in [0, 0.1) is 23.7 Å². The number of carbonyl (C=O) groups is 4. The Bertz CT molecular complexity index is 1800. The summed E-state index contributed by atoms with van der Waals surface area (Å²) in [5.41, 5.74) is 0. The lowest BCUT2D eigenvalue weighted by Gasteiger charge is -2.21. The Kier molecular flexibility index (Phi) is 60.3. The molecule has 540 valence electrons. The van der Waals surface area contributed by atoms with E-state index in [1.807, 2.05) is 0 Å². The van der Waals surface area contributed by atoms with E-state index in [4.69, 9.17) is 37.0 Å². The molecule has 19 heteroatoms. The molecule has 0 fully saturated rings. The SMILES string of the molecule is CCC(C)CCCCCCCCCCCCC(=O)OC[C@H](COP(=O)(O)OC[C@@H](O)COP(=O)(O)OC[C@@H](COC(=O)CCCCCCCCC(C)C)OC(=O)CCCCCCCCC(C)C)OC(=O)CCCCCCCCCCCCCCCCCCC(C)C. The highest BCUT2D eigenvalue weighted by Gasteiger charge is 2.30. The van der Waals surface area contributed by atoms with E-state index < -0.39 is 97.5 Å². The van der Waals surface area contributed by atoms with Crippen molar-refractivity contribution in [1.29, 1.82) is 0 Å². The highest BCUT2D eigenvalue weighted by atomic mass is 31.2. The van der Waals surface area contributed by atoms with Crippen LogP contribution in [0.15, 0.2) is 0 Å². The van der Waals surface area contributed by atoms with Gasteiger partial charge in [-0.25, -0.2) is 9.13 Å². The molecule has 0 saturated carbocycles. The maximum Gasteiger partial charge on any atom is 0.472 e. The Morgan fingerprint density at radius 2 is 0.527 bits per heavy atom. The standard InChI is InChI=1S/C72H140O17P2/c1-9-65(8)51-43-35-25-21-18-19-22-26-36-44-52-69(74)82-58-67(88-71(76)54-46-38-27-23-17-15-13-11-10-12-14-16-20-24-32-40-48-62(2)3)60-86-90(78,79)84-56-66(73)57-85-91(80,81)87-61-68(89-72(77)55-47-39-31-29-34-42-50-64(6)7)59-83-70(75)53-45-37-30-28-33-41-49-63(4)5/h62-68,73H,9-61H2,1-8H3,(H,78,79)(H,80,81)/t65?,66-,67-,68-/m1/s1. The first-order chi connectivity index (χ1) is 43.6. The number of ether oxygens (including phenoxy) is 4. The first-order valence-corrected chi connectivity index (χ1v) is 40.2. The average Bonchev–Trinajstić information content (AvgIpc) is 3.23. The highest BCUT2D eigenvalue weighted by Crippen LogP contribution is 2.45. The van der Waals surface area contributed by atoms with Gasteiger partial charge in [-0.05, 0) is 49.4 Å². The van der Waals surface area contributed by atoms with Crippen LogP contribution in [0.3, 0.4) is 0 Å². The summed E-state index contributed by atoms with van der Waals surface area (Å²) in [6.07, 6.45) is 44.8. The molecule has 17 nitrogen and oxygen atoms in total. The van der Waals surface area contributed by atoms with Gasteiger partial charge in [0.1, 0.15) is 19.3 Å². The van der Waals surface area contributed by atoms with Crippen molar-refractivity contribution in [1.82, 2.24) is 0 Å². The molecule has 3 N–H and O–H groups in total. The van der Waals surface area contributed by atoms with Gasteiger partial charge in [0.15, 0.2) is 12.2 Å². The molecule has 0 heterocycles. The molecule has 0 bridgehead atoms. The number of carbonyl (C=O) groups excluding carboxylic acids is 4. The Labute approximate surface area is 556 Å². The van der Waals surface area contributed by atoms with Crippen LogP contribution in [-0.2, 0) is 65.4 Å². The van der Waals surface area contributed by atoms with Crippen molar-refractivity contribution >= 4 is 39.5 Å². The number of unbranched alkanes of at least 4 members (excludes halogenated alkanes) is 34. The van der Waals surface area contributed by atoms with E-state index in [0.717, 1.165) is 108 Å². The number of hydrogen-bond acceptors (Lipinski definition) is 15. The molecule has 0 spiro atoms. The van der Waals surface area contributed by atoms with Gasteiger partial charge in [-0.15, -0.1) is 0 Å². The molecule has 0 saturated heterocycles. The molecule has 0 aromatic carbocycles. The van der Waals surface area contributed by atoms with Crippen LogP contribution >= 0.6 is 15.6 Å². The van der Waals surface area contributed by atoms with Crippen molar-refractivity contribution in [3.63, 3.8) is 0 Å². The fraction of sp³-hybridized carbons (Fsp3) is 0.944. The molecule has 6 atom stereocenters. The minimum atomic E-state index is -4.95. The zero-order chi connectivity index (χ0) is 67.5. The molecular weight excluding hydrogens is 1200 g/mol. The zero-order valence-corrected chi connectivity index (χ0v) is 61.3. The number of rotatable bonds is 69. The average molecular weight is 1340 g/mol. The monoisotopic (exact) mass is 1340 g/mol. The van der Waals surface area contributed by atoms with Crippen molar-refractivity contribution in [2.45, 2.75) is 375 Å². The van der Waals surface area contributed by atoms with Crippen molar-refractivity contribution < 1.29 is 80.2 Å². The second-order valence-electron chi connectivity index (χ2n) is 27.6. The summed E-state index contributed by atoms with van der Waals surface area (Å²) >= 11 is 0. The van der Waals surface area contributed by atoms with E-state index >= 15 is 0 Å². The number of phosphoric ester groups is 2. The molecular formula is C72H140O17P2. The Morgan fingerprint density at radius 3 is 0.780 bits per heavy atom. The van der Waals surface area contributed by atoms with Crippen LogP contribution in [0.2, 0.25) is 0 Å². The second kappa shape index (κ2) is 61.6. The van der Waals surface area contributed by atoms with Gasteiger partial charge in [0, 0.05) is 25.7 Å². The third kappa shape index (κ3) is 65.1. The van der Waals surface area contributed by atoms with E-state index in [2.05, 4.69) is 55.4 Å². The van der Waals surface area contributed by atoms with Gasteiger partial charge in [-0.3, -0.25) is 37.3 Å². The lowest BCUT2D eigenvalue weighted by Crippen LogP contribution is -2.30. The van der Waals surface area contributed by atoms with Crippen LogP contribution in [0.1, 0.15) is 357 Å². The summed E-state index contributed by atoms with van der Waals surface area (Å²) in [6.45, 7) is 14.0. The molecule has 0 aliphatic carbocycles. The highest BCUT2D eigenvalue weighted by molar-refractivity contribution is 7.47. The van der Waals surface area contributed by atoms with Crippen LogP contribution in [-0.4, -0.2) is 96.7 Å². The summed E-state index contributed by atoms with van der Waals surface area (Å²) in [4.78, 5) is 72.5. The predicted molar refractivity (Wildman–Crippen MR) is 367 cm³/mol. The van der Waals surface area contributed by atoms with Crippen molar-refractivity contribution in [3.05, 3.63) is 0 Å². The van der Waals surface area contributed by atoms with E-state index in [1.165, 1.54) is 154 Å². The number of esters is 4. The Balaban J connectivity index is 5.21. The molecule has 0 aromatic heterocycles. The van der Waals surface area contributed by atoms with Crippen molar-refractivity contribution in [2.24, 2.45) is 23.7 Å². The van der Waals surface area contributed by atoms with Crippen LogP contribution in [0.5, 0.6) is 0 Å². The summed E-state index contributed by atoms with van der Waals surface area (Å²) < 4.78 is 68.3. The summed E-state index contributed by atoms with van der Waals surface area (Å²) in [7, 11) is -9.90. The Morgan fingerprint density at radius 1 is 0.308 bits per heavy atom. The van der Waals surface area contributed by atoms with E-state index in [1.54, 1.807) is 0 Å². The smallest absolute Gasteiger partial charge is 0.462 e. The third-order valence-corrected chi connectivity index (χ3v) is 18.8. The lowest BCUT2D eigenvalue weighted by molar-refractivity contribution is -0.161. The molecule has 0 amide bonds. The van der Waals surface area contributed by atoms with Gasteiger partial charge in [0.25, 0.3) is 0 Å². The molecule has 0 aliphatic heterocycles. The number of hydrogen-bond donors (Lipinski definition) is 3. The number of phosphoric acid groups is 2. The molecule has 0 radical (unpaired) electrons. The minimum Gasteiger partial charge on any atom is -0.462 e. The quantitative estimate of drug-likeness (QED) is 0.0222. The Hall–Kier alpha value is -1.94. The topological polar surface area (TPSA) is 237 Å². The summed E-state index contributed by atoms with van der Waals surface area (Å²) in [6, 6.07) is 0. The van der Waals surface area contributed by atoms with E-state index in [-0.39, 0.29) is 25.7 Å². The van der Waals surface area contributed by atoms with Gasteiger partial charge in [-0.2, -0.15) is 0 Å². The zero-order valence-electron chi connectivity index (χ0n) is 59.5. The molecule has 0 aliphatic rings. The van der Waals surface area contributed by atoms with Crippen molar-refractivity contribution in [2.75, 3.05) is 39.6 Å². The summed E-state index contributed by atoms with van der Waals surface area (Å²) in [5, 5.41) is 10.6. The minimum absolute atomic E-state index is 0.101. The predicted octanol–water partition coefficient (Wildman–Crippen LogP) is 20.5. The fourth-order valence-corrected chi connectivity index (χ4v) is 12.4. The lowest BCUT2D eigenvalue weighted by atomic mass is 9.99. The van der Waals surface area contributed by atoms with Gasteiger partial charge < -0.3 is 33.8 Å². The van der Waals surface area contributed by atoms with Crippen LogP contribution in [0.4, 0.5) is 0 Å². The van der Waals surface area contributed by atoms with E-state index in [0.29, 0.717) is 37.5 Å². The van der Waals surface area contributed by atoms with Crippen LogP contribution in [0.25, 0.3) is 0 Å². The number of aliphatic hydroxyl groups is 1. The second-order valence-corrected chi connectivity index (χ2v) is 30.6. The molecule has 91 heavy (non-hydrogen) atoms.